The largest absolute Gasteiger partial charge is 0.352 e. The molecule has 0 aromatic rings. The van der Waals surface area contributed by atoms with Crippen LogP contribution in [-0.2, 0) is 4.79 Å². The molecule has 1 aliphatic rings. The summed E-state index contributed by atoms with van der Waals surface area (Å²) >= 11 is 0. The number of likely N-dealkylation sites (tertiary alicyclic amines) is 1. The van der Waals surface area contributed by atoms with E-state index >= 15 is 0 Å². The molecule has 4 nitrogen and oxygen atoms in total. The molecule has 18 heavy (non-hydrogen) atoms. The number of rotatable bonds is 6. The first-order chi connectivity index (χ1) is 8.49. The zero-order chi connectivity index (χ0) is 13.7. The minimum absolute atomic E-state index is 0.0330. The Kier molecular flexibility index (Phi) is 6.09. The van der Waals surface area contributed by atoms with Crippen LogP contribution in [0, 0.1) is 5.92 Å². The Morgan fingerprint density at radius 2 is 2.00 bits per heavy atom. The molecule has 4 heteroatoms. The SMILES string of the molecule is CCC(CC)NC(=O)C(C)N1CCC(C(C)N)C1. The minimum atomic E-state index is -0.0330. The minimum Gasteiger partial charge on any atom is -0.352 e. The van der Waals surface area contributed by atoms with Crippen molar-refractivity contribution in [3.63, 3.8) is 0 Å². The summed E-state index contributed by atoms with van der Waals surface area (Å²) in [6, 6.07) is 0.505. The van der Waals surface area contributed by atoms with E-state index in [4.69, 9.17) is 5.73 Å². The molecular formula is C14H29N3O. The third-order valence-electron chi connectivity index (χ3n) is 4.26. The molecule has 106 valence electrons. The van der Waals surface area contributed by atoms with Gasteiger partial charge in [0.05, 0.1) is 6.04 Å². The second kappa shape index (κ2) is 7.10. The fourth-order valence-electron chi connectivity index (χ4n) is 2.58. The van der Waals surface area contributed by atoms with E-state index in [0.717, 1.165) is 32.4 Å². The molecule has 3 atom stereocenters. The predicted molar refractivity (Wildman–Crippen MR) is 75.3 cm³/mol. The molecule has 0 bridgehead atoms. The average Bonchev–Trinajstić information content (AvgIpc) is 2.84. The first-order valence-corrected chi connectivity index (χ1v) is 7.29. The Morgan fingerprint density at radius 1 is 1.39 bits per heavy atom. The number of hydrogen-bond acceptors (Lipinski definition) is 3. The van der Waals surface area contributed by atoms with E-state index in [-0.39, 0.29) is 18.0 Å². The van der Waals surface area contributed by atoms with Crippen LogP contribution in [0.1, 0.15) is 47.0 Å². The molecule has 3 N–H and O–H groups in total. The molecule has 3 unspecified atom stereocenters. The Bertz CT molecular complexity index is 264. The quantitative estimate of drug-likeness (QED) is 0.753. The first-order valence-electron chi connectivity index (χ1n) is 7.29. The van der Waals surface area contributed by atoms with Gasteiger partial charge in [0.15, 0.2) is 0 Å². The number of amides is 1. The Morgan fingerprint density at radius 3 is 2.44 bits per heavy atom. The topological polar surface area (TPSA) is 58.4 Å². The van der Waals surface area contributed by atoms with Crippen molar-refractivity contribution in [2.45, 2.75) is 65.1 Å². The summed E-state index contributed by atoms with van der Waals surface area (Å²) in [6.07, 6.45) is 3.11. The standard InChI is InChI=1S/C14H29N3O/c1-5-13(6-2)16-14(18)11(4)17-8-7-12(9-17)10(3)15/h10-13H,5-9,15H2,1-4H3,(H,16,18). The number of carbonyl (C=O) groups excluding carboxylic acids is 1. The fraction of sp³-hybridized carbons (Fsp3) is 0.929. The van der Waals surface area contributed by atoms with Crippen molar-refractivity contribution in [1.82, 2.24) is 10.2 Å². The van der Waals surface area contributed by atoms with E-state index in [1.54, 1.807) is 0 Å². The van der Waals surface area contributed by atoms with Gasteiger partial charge in [0.2, 0.25) is 5.91 Å². The van der Waals surface area contributed by atoms with Crippen LogP contribution < -0.4 is 11.1 Å². The lowest BCUT2D eigenvalue weighted by atomic mass is 10.0. The molecule has 0 aromatic heterocycles. The van der Waals surface area contributed by atoms with Gasteiger partial charge >= 0.3 is 0 Å². The summed E-state index contributed by atoms with van der Waals surface area (Å²) < 4.78 is 0. The van der Waals surface area contributed by atoms with Crippen molar-refractivity contribution >= 4 is 5.91 Å². The third-order valence-corrected chi connectivity index (χ3v) is 4.26. The zero-order valence-electron chi connectivity index (χ0n) is 12.3. The Balaban J connectivity index is 2.45. The molecule has 0 saturated carbocycles. The molecule has 1 aliphatic heterocycles. The van der Waals surface area contributed by atoms with Gasteiger partial charge in [-0.2, -0.15) is 0 Å². The maximum atomic E-state index is 12.2. The van der Waals surface area contributed by atoms with E-state index in [9.17, 15) is 4.79 Å². The first kappa shape index (κ1) is 15.4. The van der Waals surface area contributed by atoms with E-state index < -0.39 is 0 Å². The van der Waals surface area contributed by atoms with Crippen LogP contribution in [0.15, 0.2) is 0 Å². The third kappa shape index (κ3) is 3.95. The van der Waals surface area contributed by atoms with Gasteiger partial charge in [-0.05, 0) is 45.6 Å². The monoisotopic (exact) mass is 255 g/mol. The summed E-state index contributed by atoms with van der Waals surface area (Å²) in [6.45, 7) is 10.2. The van der Waals surface area contributed by atoms with Crippen LogP contribution >= 0.6 is 0 Å². The van der Waals surface area contributed by atoms with Crippen LogP contribution in [0.25, 0.3) is 0 Å². The highest BCUT2D eigenvalue weighted by molar-refractivity contribution is 5.81. The Hall–Kier alpha value is -0.610. The molecule has 1 rings (SSSR count). The molecule has 0 radical (unpaired) electrons. The number of carbonyl (C=O) groups is 1. The summed E-state index contributed by atoms with van der Waals surface area (Å²) in [5, 5.41) is 3.13. The highest BCUT2D eigenvalue weighted by atomic mass is 16.2. The van der Waals surface area contributed by atoms with Crippen LogP contribution in [0.5, 0.6) is 0 Å². The van der Waals surface area contributed by atoms with Gasteiger partial charge in [-0.3, -0.25) is 9.69 Å². The van der Waals surface area contributed by atoms with Crippen molar-refractivity contribution in [3.05, 3.63) is 0 Å². The van der Waals surface area contributed by atoms with Crippen molar-refractivity contribution < 1.29 is 4.79 Å². The summed E-state index contributed by atoms with van der Waals surface area (Å²) in [5.41, 5.74) is 5.93. The van der Waals surface area contributed by atoms with Gasteiger partial charge in [-0.1, -0.05) is 13.8 Å². The molecular weight excluding hydrogens is 226 g/mol. The summed E-state index contributed by atoms with van der Waals surface area (Å²) in [4.78, 5) is 14.4. The lowest BCUT2D eigenvalue weighted by Crippen LogP contribution is -2.47. The molecule has 1 heterocycles. The van der Waals surface area contributed by atoms with Crippen LogP contribution in [-0.4, -0.2) is 42.0 Å². The zero-order valence-corrected chi connectivity index (χ0v) is 12.3. The molecule has 1 amide bonds. The van der Waals surface area contributed by atoms with E-state index in [1.165, 1.54) is 0 Å². The van der Waals surface area contributed by atoms with E-state index in [2.05, 4.69) is 31.0 Å². The smallest absolute Gasteiger partial charge is 0.237 e. The number of nitrogens with one attached hydrogen (secondary N) is 1. The maximum absolute atomic E-state index is 12.2. The number of nitrogens with two attached hydrogens (primary N) is 1. The normalized spacial score (nSPS) is 24.2. The highest BCUT2D eigenvalue weighted by Gasteiger charge is 2.31. The van der Waals surface area contributed by atoms with Crippen LogP contribution in [0.2, 0.25) is 0 Å². The molecule has 0 aromatic carbocycles. The summed E-state index contributed by atoms with van der Waals surface area (Å²) in [7, 11) is 0. The number of hydrogen-bond donors (Lipinski definition) is 2. The number of nitrogens with zero attached hydrogens (tertiary/aromatic N) is 1. The van der Waals surface area contributed by atoms with Gasteiger partial charge in [0.1, 0.15) is 0 Å². The maximum Gasteiger partial charge on any atom is 0.237 e. The molecule has 0 spiro atoms. The van der Waals surface area contributed by atoms with E-state index in [1.807, 2.05) is 6.92 Å². The van der Waals surface area contributed by atoms with Crippen molar-refractivity contribution in [3.8, 4) is 0 Å². The van der Waals surface area contributed by atoms with Gasteiger partial charge in [0.25, 0.3) is 0 Å². The van der Waals surface area contributed by atoms with Crippen molar-refractivity contribution in [2.75, 3.05) is 13.1 Å². The van der Waals surface area contributed by atoms with E-state index in [0.29, 0.717) is 12.0 Å². The second-order valence-corrected chi connectivity index (χ2v) is 5.60. The lowest BCUT2D eigenvalue weighted by Gasteiger charge is -2.26. The van der Waals surface area contributed by atoms with Crippen LogP contribution in [0.4, 0.5) is 0 Å². The Labute approximate surface area is 111 Å². The van der Waals surface area contributed by atoms with Gasteiger partial charge in [0, 0.05) is 18.6 Å². The van der Waals surface area contributed by atoms with Crippen molar-refractivity contribution in [1.29, 1.82) is 0 Å². The van der Waals surface area contributed by atoms with Gasteiger partial charge in [-0.25, -0.2) is 0 Å². The molecule has 0 aliphatic carbocycles. The molecule has 1 saturated heterocycles. The van der Waals surface area contributed by atoms with Crippen LogP contribution in [0.3, 0.4) is 0 Å². The predicted octanol–water partition coefficient (Wildman–Crippen LogP) is 1.35. The van der Waals surface area contributed by atoms with Crippen molar-refractivity contribution in [2.24, 2.45) is 11.7 Å². The lowest BCUT2D eigenvalue weighted by molar-refractivity contribution is -0.126. The summed E-state index contributed by atoms with van der Waals surface area (Å²) in [5.74, 6) is 0.697. The average molecular weight is 255 g/mol. The van der Waals surface area contributed by atoms with Gasteiger partial charge in [-0.15, -0.1) is 0 Å². The fourth-order valence-corrected chi connectivity index (χ4v) is 2.58. The highest BCUT2D eigenvalue weighted by Crippen LogP contribution is 2.20. The molecule has 1 fully saturated rings. The van der Waals surface area contributed by atoms with Gasteiger partial charge < -0.3 is 11.1 Å². The second-order valence-electron chi connectivity index (χ2n) is 5.60.